The molecule has 0 radical (unpaired) electrons. The van der Waals surface area contributed by atoms with Crippen LogP contribution in [0.3, 0.4) is 0 Å². The van der Waals surface area contributed by atoms with Crippen LogP contribution in [0.25, 0.3) is 22.5 Å². The molecule has 1 N–H and O–H groups in total. The minimum absolute atomic E-state index is 0.938. The Hall–Kier alpha value is -2.68. The monoisotopic (exact) mass is 315 g/mol. The van der Waals surface area contributed by atoms with E-state index in [-0.39, 0.29) is 0 Å². The number of nitrogens with one attached hydrogen (secondary N) is 1. The molecule has 4 rings (SSSR count). The SMILES string of the molecule is Cc1ccc(-c2nc3c(nc2-c2cccc(C)c2)CCCN3)cc1. The summed E-state index contributed by atoms with van der Waals surface area (Å²) in [4.78, 5) is 9.94. The van der Waals surface area contributed by atoms with Gasteiger partial charge in [-0.1, -0.05) is 53.6 Å². The average Bonchev–Trinajstić information content (AvgIpc) is 2.61. The summed E-state index contributed by atoms with van der Waals surface area (Å²) >= 11 is 0. The van der Waals surface area contributed by atoms with E-state index in [1.165, 1.54) is 11.1 Å². The average molecular weight is 315 g/mol. The molecular weight excluding hydrogens is 294 g/mol. The van der Waals surface area contributed by atoms with E-state index >= 15 is 0 Å². The summed E-state index contributed by atoms with van der Waals surface area (Å²) in [6.45, 7) is 5.19. The molecule has 3 aromatic rings. The molecule has 1 aliphatic heterocycles. The molecule has 0 unspecified atom stereocenters. The van der Waals surface area contributed by atoms with Gasteiger partial charge in [0.2, 0.25) is 0 Å². The van der Waals surface area contributed by atoms with Crippen LogP contribution in [0.4, 0.5) is 5.82 Å². The molecule has 0 spiro atoms. The molecule has 2 heterocycles. The van der Waals surface area contributed by atoms with E-state index in [1.54, 1.807) is 0 Å². The zero-order valence-electron chi connectivity index (χ0n) is 14.1. The lowest BCUT2D eigenvalue weighted by molar-refractivity contribution is 0.790. The summed E-state index contributed by atoms with van der Waals surface area (Å²) in [7, 11) is 0. The predicted octanol–water partition coefficient (Wildman–Crippen LogP) is 4.79. The highest BCUT2D eigenvalue weighted by Crippen LogP contribution is 2.33. The topological polar surface area (TPSA) is 37.8 Å². The van der Waals surface area contributed by atoms with Crippen molar-refractivity contribution in [1.29, 1.82) is 0 Å². The van der Waals surface area contributed by atoms with Gasteiger partial charge in [0.05, 0.1) is 17.1 Å². The predicted molar refractivity (Wildman–Crippen MR) is 99.2 cm³/mol. The van der Waals surface area contributed by atoms with E-state index < -0.39 is 0 Å². The first kappa shape index (κ1) is 14.9. The van der Waals surface area contributed by atoms with E-state index in [9.17, 15) is 0 Å². The van der Waals surface area contributed by atoms with Crippen LogP contribution in [-0.2, 0) is 6.42 Å². The normalized spacial score (nSPS) is 13.2. The van der Waals surface area contributed by atoms with Gasteiger partial charge in [-0.05, 0) is 32.8 Å². The smallest absolute Gasteiger partial charge is 0.148 e. The third-order valence-corrected chi connectivity index (χ3v) is 4.47. The lowest BCUT2D eigenvalue weighted by atomic mass is 10.0. The quantitative estimate of drug-likeness (QED) is 0.739. The molecule has 0 bridgehead atoms. The van der Waals surface area contributed by atoms with Gasteiger partial charge in [-0.15, -0.1) is 0 Å². The van der Waals surface area contributed by atoms with Gasteiger partial charge in [0.15, 0.2) is 0 Å². The van der Waals surface area contributed by atoms with Gasteiger partial charge in [0.1, 0.15) is 5.82 Å². The second-order valence-electron chi connectivity index (χ2n) is 6.48. The van der Waals surface area contributed by atoms with Crippen molar-refractivity contribution in [3.63, 3.8) is 0 Å². The van der Waals surface area contributed by atoms with E-state index in [0.29, 0.717) is 0 Å². The fourth-order valence-electron chi connectivity index (χ4n) is 3.15. The van der Waals surface area contributed by atoms with E-state index in [4.69, 9.17) is 9.97 Å². The highest BCUT2D eigenvalue weighted by atomic mass is 15.0. The van der Waals surface area contributed by atoms with Gasteiger partial charge in [0.25, 0.3) is 0 Å². The lowest BCUT2D eigenvalue weighted by Gasteiger charge is -2.19. The molecular formula is C21H21N3. The van der Waals surface area contributed by atoms with Crippen LogP contribution in [0.5, 0.6) is 0 Å². The van der Waals surface area contributed by atoms with Crippen molar-refractivity contribution >= 4 is 5.82 Å². The summed E-state index contributed by atoms with van der Waals surface area (Å²) in [5.41, 5.74) is 7.73. The van der Waals surface area contributed by atoms with Crippen molar-refractivity contribution in [2.75, 3.05) is 11.9 Å². The minimum Gasteiger partial charge on any atom is -0.369 e. The molecule has 1 aromatic heterocycles. The summed E-state index contributed by atoms with van der Waals surface area (Å²) < 4.78 is 0. The molecule has 120 valence electrons. The number of benzene rings is 2. The Morgan fingerprint density at radius 3 is 2.42 bits per heavy atom. The number of hydrogen-bond acceptors (Lipinski definition) is 3. The maximum Gasteiger partial charge on any atom is 0.148 e. The first-order valence-corrected chi connectivity index (χ1v) is 8.49. The van der Waals surface area contributed by atoms with Crippen molar-refractivity contribution < 1.29 is 0 Å². The molecule has 0 fully saturated rings. The Labute approximate surface area is 142 Å². The molecule has 0 atom stereocenters. The Morgan fingerprint density at radius 2 is 1.62 bits per heavy atom. The van der Waals surface area contributed by atoms with Crippen LogP contribution in [0, 0.1) is 13.8 Å². The molecule has 3 heteroatoms. The van der Waals surface area contributed by atoms with Crippen molar-refractivity contribution in [2.24, 2.45) is 0 Å². The van der Waals surface area contributed by atoms with Crippen molar-refractivity contribution in [2.45, 2.75) is 26.7 Å². The van der Waals surface area contributed by atoms with Crippen molar-refractivity contribution in [3.8, 4) is 22.5 Å². The Kier molecular flexibility index (Phi) is 3.77. The van der Waals surface area contributed by atoms with Crippen LogP contribution >= 0.6 is 0 Å². The fraction of sp³-hybridized carbons (Fsp3) is 0.238. The van der Waals surface area contributed by atoms with Crippen LogP contribution in [-0.4, -0.2) is 16.5 Å². The number of fused-ring (bicyclic) bond motifs is 1. The second-order valence-corrected chi connectivity index (χ2v) is 6.48. The molecule has 3 nitrogen and oxygen atoms in total. The zero-order chi connectivity index (χ0) is 16.5. The first-order chi connectivity index (χ1) is 11.7. The van der Waals surface area contributed by atoms with Gasteiger partial charge >= 0.3 is 0 Å². The zero-order valence-corrected chi connectivity index (χ0v) is 14.1. The minimum atomic E-state index is 0.938. The summed E-state index contributed by atoms with van der Waals surface area (Å²) in [6, 6.07) is 17.0. The molecule has 2 aromatic carbocycles. The maximum absolute atomic E-state index is 5.00. The van der Waals surface area contributed by atoms with E-state index in [2.05, 4.69) is 67.7 Å². The van der Waals surface area contributed by atoms with Gasteiger partial charge in [0, 0.05) is 17.7 Å². The Bertz CT molecular complexity index is 882. The number of rotatable bonds is 2. The van der Waals surface area contributed by atoms with Gasteiger partial charge in [-0.3, -0.25) is 0 Å². The summed E-state index contributed by atoms with van der Waals surface area (Å²) in [5.74, 6) is 0.938. The van der Waals surface area contributed by atoms with Crippen LogP contribution < -0.4 is 5.32 Å². The lowest BCUT2D eigenvalue weighted by Crippen LogP contribution is -2.16. The highest BCUT2D eigenvalue weighted by molar-refractivity contribution is 5.79. The number of aryl methyl sites for hydroxylation is 3. The first-order valence-electron chi connectivity index (χ1n) is 8.49. The highest BCUT2D eigenvalue weighted by Gasteiger charge is 2.18. The number of aromatic nitrogens is 2. The van der Waals surface area contributed by atoms with E-state index in [0.717, 1.165) is 53.4 Å². The van der Waals surface area contributed by atoms with Crippen molar-refractivity contribution in [3.05, 3.63) is 65.4 Å². The Morgan fingerprint density at radius 1 is 0.833 bits per heavy atom. The second kappa shape index (κ2) is 6.08. The third kappa shape index (κ3) is 2.78. The van der Waals surface area contributed by atoms with Gasteiger partial charge in [-0.25, -0.2) is 9.97 Å². The van der Waals surface area contributed by atoms with E-state index in [1.807, 2.05) is 0 Å². The number of nitrogens with zero attached hydrogens (tertiary/aromatic N) is 2. The fourth-order valence-corrected chi connectivity index (χ4v) is 3.15. The largest absolute Gasteiger partial charge is 0.369 e. The standard InChI is InChI=1S/C21H21N3/c1-14-8-10-16(11-9-14)19-20(17-6-3-5-15(2)13-17)23-18-7-4-12-22-21(18)24-19/h3,5-6,8-11,13H,4,7,12H2,1-2H3,(H,22,24). The van der Waals surface area contributed by atoms with Gasteiger partial charge in [-0.2, -0.15) is 0 Å². The maximum atomic E-state index is 5.00. The number of anilines is 1. The number of hydrogen-bond donors (Lipinski definition) is 1. The molecule has 0 amide bonds. The van der Waals surface area contributed by atoms with Crippen LogP contribution in [0.15, 0.2) is 48.5 Å². The van der Waals surface area contributed by atoms with Crippen LogP contribution in [0.1, 0.15) is 23.2 Å². The molecule has 0 saturated heterocycles. The summed E-state index contributed by atoms with van der Waals surface area (Å²) in [6.07, 6.45) is 2.10. The van der Waals surface area contributed by atoms with Crippen LogP contribution in [0.2, 0.25) is 0 Å². The Balaban J connectivity index is 1.94. The summed E-state index contributed by atoms with van der Waals surface area (Å²) in [5, 5.41) is 3.40. The molecule has 0 saturated carbocycles. The molecule has 0 aliphatic carbocycles. The molecule has 24 heavy (non-hydrogen) atoms. The molecule has 1 aliphatic rings. The third-order valence-electron chi connectivity index (χ3n) is 4.47. The van der Waals surface area contributed by atoms with Gasteiger partial charge < -0.3 is 5.32 Å². The van der Waals surface area contributed by atoms with Crippen molar-refractivity contribution in [1.82, 2.24) is 9.97 Å².